The second-order valence-corrected chi connectivity index (χ2v) is 8.04. The van der Waals surface area contributed by atoms with E-state index in [0.717, 1.165) is 42.5 Å². The van der Waals surface area contributed by atoms with E-state index in [1.54, 1.807) is 6.07 Å². The molecule has 1 unspecified atom stereocenters. The third-order valence-corrected chi connectivity index (χ3v) is 5.60. The number of rotatable bonds is 2. The molecule has 0 spiro atoms. The zero-order valence-corrected chi connectivity index (χ0v) is 17.2. The van der Waals surface area contributed by atoms with E-state index in [9.17, 15) is 0 Å². The first kappa shape index (κ1) is 19.4. The number of aliphatic imine (C=N–C) groups is 2. The Balaban J connectivity index is 1.67. The predicted octanol–water partition coefficient (Wildman–Crippen LogP) is 5.35. The molecule has 29 heavy (non-hydrogen) atoms. The highest BCUT2D eigenvalue weighted by Gasteiger charge is 2.23. The number of nitrogen functional groups attached to an aromatic ring is 1. The van der Waals surface area contributed by atoms with E-state index in [1.165, 1.54) is 17.3 Å². The summed E-state index contributed by atoms with van der Waals surface area (Å²) >= 11 is 6.17. The van der Waals surface area contributed by atoms with Gasteiger partial charge in [-0.15, -0.1) is 0 Å². The summed E-state index contributed by atoms with van der Waals surface area (Å²) in [6.07, 6.45) is 7.35. The van der Waals surface area contributed by atoms with Gasteiger partial charge in [0.1, 0.15) is 5.84 Å². The first-order chi connectivity index (χ1) is 14.0. The second kappa shape index (κ2) is 8.21. The van der Waals surface area contributed by atoms with Crippen LogP contribution in [0.5, 0.6) is 0 Å². The maximum absolute atomic E-state index is 7.50. The number of nitrogens with one attached hydrogen (secondary N) is 1. The van der Waals surface area contributed by atoms with Gasteiger partial charge >= 0.3 is 0 Å². The minimum atomic E-state index is 0.452. The molecule has 148 valence electrons. The van der Waals surface area contributed by atoms with Crippen molar-refractivity contribution in [3.63, 3.8) is 0 Å². The normalized spacial score (nSPS) is 20.2. The fourth-order valence-electron chi connectivity index (χ4n) is 3.65. The van der Waals surface area contributed by atoms with Gasteiger partial charge in [0, 0.05) is 42.0 Å². The lowest BCUT2D eigenvalue weighted by atomic mass is 10.0. The Bertz CT molecular complexity index is 1040. The smallest absolute Gasteiger partial charge is 0.154 e. The number of anilines is 1. The number of benzene rings is 2. The molecule has 6 heteroatoms. The zero-order chi connectivity index (χ0) is 20.4. The van der Waals surface area contributed by atoms with E-state index in [0.29, 0.717) is 23.0 Å². The van der Waals surface area contributed by atoms with E-state index in [-0.39, 0.29) is 0 Å². The molecule has 0 amide bonds. The lowest BCUT2D eigenvalue weighted by Crippen LogP contribution is -2.27. The topological polar surface area (TPSA) is 77.8 Å². The molecule has 2 heterocycles. The molecule has 0 saturated carbocycles. The van der Waals surface area contributed by atoms with Crippen molar-refractivity contribution in [3.8, 4) is 0 Å². The molecule has 1 atom stereocenters. The molecule has 2 aromatic rings. The van der Waals surface area contributed by atoms with Crippen LogP contribution in [-0.2, 0) is 13.1 Å². The Kier molecular flexibility index (Phi) is 5.49. The highest BCUT2D eigenvalue weighted by atomic mass is 35.5. The van der Waals surface area contributed by atoms with E-state index >= 15 is 0 Å². The predicted molar refractivity (Wildman–Crippen MR) is 122 cm³/mol. The molecule has 2 aromatic carbocycles. The number of hydrogen-bond acceptors (Lipinski definition) is 4. The SMILES string of the molecule is CC1C=CC(=Nc2ccc(N)c(C=N)c2)N=C(N2Cc3ccc(Cl)cc3C2)CC1. The van der Waals surface area contributed by atoms with Gasteiger partial charge in [-0.25, -0.2) is 9.98 Å². The van der Waals surface area contributed by atoms with Crippen LogP contribution in [0, 0.1) is 11.3 Å². The molecular formula is C23H24ClN5. The molecule has 0 saturated heterocycles. The van der Waals surface area contributed by atoms with Crippen molar-refractivity contribution in [2.24, 2.45) is 15.9 Å². The standard InChI is InChI=1S/C23H24ClN5/c1-15-2-8-22(27-20-6-7-21(26)17(11-20)12-25)28-23(9-3-15)29-13-16-4-5-19(24)10-18(16)14-29/h2,4-8,10-12,15,25H,3,9,13-14,26H2,1H3. The van der Waals surface area contributed by atoms with Crippen molar-refractivity contribution in [1.29, 1.82) is 5.41 Å². The van der Waals surface area contributed by atoms with Gasteiger partial charge in [-0.1, -0.05) is 30.7 Å². The summed E-state index contributed by atoms with van der Waals surface area (Å²) < 4.78 is 0. The van der Waals surface area contributed by atoms with Crippen LogP contribution in [0.2, 0.25) is 5.02 Å². The molecule has 0 aliphatic carbocycles. The van der Waals surface area contributed by atoms with Crippen molar-refractivity contribution in [1.82, 2.24) is 4.90 Å². The number of allylic oxidation sites excluding steroid dienone is 1. The number of amidine groups is 2. The molecule has 2 aliphatic rings. The molecule has 5 nitrogen and oxygen atoms in total. The van der Waals surface area contributed by atoms with Crippen LogP contribution < -0.4 is 5.73 Å². The summed E-state index contributed by atoms with van der Waals surface area (Å²) in [5.41, 5.74) is 10.4. The first-order valence-electron chi connectivity index (χ1n) is 9.78. The lowest BCUT2D eigenvalue weighted by molar-refractivity contribution is 0.431. The van der Waals surface area contributed by atoms with Crippen molar-refractivity contribution >= 4 is 40.9 Å². The summed E-state index contributed by atoms with van der Waals surface area (Å²) in [5, 5.41) is 8.28. The Morgan fingerprint density at radius 3 is 2.86 bits per heavy atom. The zero-order valence-electron chi connectivity index (χ0n) is 16.4. The number of hydrogen-bond donors (Lipinski definition) is 2. The molecule has 0 fully saturated rings. The summed E-state index contributed by atoms with van der Waals surface area (Å²) in [6.45, 7) is 3.88. The summed E-state index contributed by atoms with van der Waals surface area (Å²) in [7, 11) is 0. The van der Waals surface area contributed by atoms with E-state index in [1.807, 2.05) is 30.3 Å². The van der Waals surface area contributed by atoms with Crippen LogP contribution in [-0.4, -0.2) is 22.8 Å². The van der Waals surface area contributed by atoms with Gasteiger partial charge in [-0.05, 0) is 59.9 Å². The van der Waals surface area contributed by atoms with Gasteiger partial charge in [0.05, 0.1) is 5.69 Å². The average molecular weight is 406 g/mol. The van der Waals surface area contributed by atoms with Crippen LogP contribution in [0.1, 0.15) is 36.5 Å². The average Bonchev–Trinajstić information content (AvgIpc) is 3.11. The first-order valence-corrected chi connectivity index (χ1v) is 10.2. The van der Waals surface area contributed by atoms with Crippen LogP contribution in [0.4, 0.5) is 11.4 Å². The van der Waals surface area contributed by atoms with Crippen molar-refractivity contribution in [2.45, 2.75) is 32.9 Å². The molecule has 0 aromatic heterocycles. The van der Waals surface area contributed by atoms with E-state index in [4.69, 9.17) is 32.7 Å². The highest BCUT2D eigenvalue weighted by Crippen LogP contribution is 2.28. The highest BCUT2D eigenvalue weighted by molar-refractivity contribution is 6.30. The van der Waals surface area contributed by atoms with Crippen molar-refractivity contribution in [3.05, 3.63) is 70.3 Å². The fourth-order valence-corrected chi connectivity index (χ4v) is 3.85. The summed E-state index contributed by atoms with van der Waals surface area (Å²) in [4.78, 5) is 12.0. The summed E-state index contributed by atoms with van der Waals surface area (Å²) in [5.74, 6) is 2.17. The number of nitrogens with two attached hydrogens (primary N) is 1. The third kappa shape index (κ3) is 4.40. The Hall–Kier alpha value is -2.92. The lowest BCUT2D eigenvalue weighted by Gasteiger charge is -2.22. The van der Waals surface area contributed by atoms with Gasteiger partial charge in [0.2, 0.25) is 0 Å². The quantitative estimate of drug-likeness (QED) is 0.521. The van der Waals surface area contributed by atoms with Gasteiger partial charge < -0.3 is 16.0 Å². The summed E-state index contributed by atoms with van der Waals surface area (Å²) in [6, 6.07) is 11.5. The van der Waals surface area contributed by atoms with Crippen LogP contribution in [0.3, 0.4) is 0 Å². The van der Waals surface area contributed by atoms with Crippen molar-refractivity contribution in [2.75, 3.05) is 5.73 Å². The minimum Gasteiger partial charge on any atom is -0.398 e. The molecule has 2 aliphatic heterocycles. The fraction of sp³-hybridized carbons (Fsp3) is 0.261. The Labute approximate surface area is 176 Å². The number of halogens is 1. The largest absolute Gasteiger partial charge is 0.398 e. The number of fused-ring (bicyclic) bond motifs is 1. The van der Waals surface area contributed by atoms with Crippen LogP contribution in [0.15, 0.2) is 58.5 Å². The van der Waals surface area contributed by atoms with E-state index < -0.39 is 0 Å². The van der Waals surface area contributed by atoms with E-state index in [2.05, 4.69) is 24.0 Å². The van der Waals surface area contributed by atoms with Gasteiger partial charge in [0.15, 0.2) is 5.84 Å². The Morgan fingerprint density at radius 1 is 1.21 bits per heavy atom. The molecular weight excluding hydrogens is 382 g/mol. The molecule has 0 bridgehead atoms. The molecule has 4 rings (SSSR count). The number of nitrogens with zero attached hydrogens (tertiary/aromatic N) is 3. The molecule has 0 radical (unpaired) electrons. The third-order valence-electron chi connectivity index (χ3n) is 5.37. The van der Waals surface area contributed by atoms with Gasteiger partial charge in [-0.3, -0.25) is 0 Å². The maximum atomic E-state index is 7.50. The Morgan fingerprint density at radius 2 is 2.03 bits per heavy atom. The monoisotopic (exact) mass is 405 g/mol. The van der Waals surface area contributed by atoms with Gasteiger partial charge in [-0.2, -0.15) is 0 Å². The molecule has 3 N–H and O–H groups in total. The minimum absolute atomic E-state index is 0.452. The van der Waals surface area contributed by atoms with Crippen molar-refractivity contribution < 1.29 is 0 Å². The maximum Gasteiger partial charge on any atom is 0.154 e. The second-order valence-electron chi connectivity index (χ2n) is 7.60. The van der Waals surface area contributed by atoms with Crippen LogP contribution in [0.25, 0.3) is 0 Å². The van der Waals surface area contributed by atoms with Gasteiger partial charge in [0.25, 0.3) is 0 Å². The van der Waals surface area contributed by atoms with Crippen LogP contribution >= 0.6 is 11.6 Å².